The number of hydrogen-bond donors (Lipinski definition) is 1. The summed E-state index contributed by atoms with van der Waals surface area (Å²) in [6.45, 7) is 0. The molecule has 0 aliphatic heterocycles. The van der Waals surface area contributed by atoms with Crippen molar-refractivity contribution in [1.82, 2.24) is 9.97 Å². The Labute approximate surface area is 134 Å². The first-order valence-corrected chi connectivity index (χ1v) is 7.49. The number of pyridine rings is 2. The summed E-state index contributed by atoms with van der Waals surface area (Å²) >= 11 is 0. The van der Waals surface area contributed by atoms with Crippen molar-refractivity contribution < 1.29 is 0 Å². The minimum absolute atomic E-state index is 0.501. The number of rotatable bonds is 2. The molecule has 2 heterocycles. The van der Waals surface area contributed by atoms with Crippen LogP contribution in [0, 0.1) is 0 Å². The fourth-order valence-electron chi connectivity index (χ4n) is 2.84. The fraction of sp³-hybridized carbons (Fsp3) is 0. The van der Waals surface area contributed by atoms with Gasteiger partial charge in [-0.25, -0.2) is 4.98 Å². The molecule has 0 bridgehead atoms. The van der Waals surface area contributed by atoms with Gasteiger partial charge in [-0.15, -0.1) is 0 Å². The SMILES string of the molecule is Nc1cc(-c2ccccc2)c2ccnc(-c3ccccc3)c2n1. The molecule has 3 nitrogen and oxygen atoms in total. The Morgan fingerprint density at radius 2 is 1.39 bits per heavy atom. The van der Waals surface area contributed by atoms with E-state index in [1.165, 1.54) is 0 Å². The average Bonchev–Trinajstić information content (AvgIpc) is 2.62. The van der Waals surface area contributed by atoms with Gasteiger partial charge in [-0.05, 0) is 23.3 Å². The summed E-state index contributed by atoms with van der Waals surface area (Å²) in [5.74, 6) is 0.501. The van der Waals surface area contributed by atoms with Gasteiger partial charge in [0.15, 0.2) is 0 Å². The molecular weight excluding hydrogens is 282 g/mol. The molecule has 0 aliphatic rings. The van der Waals surface area contributed by atoms with Gasteiger partial charge in [0.2, 0.25) is 0 Å². The third kappa shape index (κ3) is 2.42. The molecule has 0 spiro atoms. The molecule has 23 heavy (non-hydrogen) atoms. The molecule has 2 N–H and O–H groups in total. The second-order valence-electron chi connectivity index (χ2n) is 5.38. The molecule has 0 saturated heterocycles. The molecule has 2 aromatic carbocycles. The second-order valence-corrected chi connectivity index (χ2v) is 5.38. The van der Waals surface area contributed by atoms with Crippen molar-refractivity contribution in [1.29, 1.82) is 0 Å². The number of aromatic nitrogens is 2. The molecule has 0 amide bonds. The van der Waals surface area contributed by atoms with Crippen molar-refractivity contribution in [3.05, 3.63) is 79.0 Å². The Hall–Kier alpha value is -3.20. The van der Waals surface area contributed by atoms with E-state index in [0.717, 1.165) is 33.3 Å². The van der Waals surface area contributed by atoms with Crippen molar-refractivity contribution in [3.8, 4) is 22.4 Å². The Morgan fingerprint density at radius 3 is 2.09 bits per heavy atom. The number of hydrogen-bond acceptors (Lipinski definition) is 3. The summed E-state index contributed by atoms with van der Waals surface area (Å²) in [6.07, 6.45) is 1.83. The van der Waals surface area contributed by atoms with Crippen LogP contribution in [0.15, 0.2) is 79.0 Å². The van der Waals surface area contributed by atoms with Crippen molar-refractivity contribution >= 4 is 16.7 Å². The molecule has 0 unspecified atom stereocenters. The Kier molecular flexibility index (Phi) is 3.24. The van der Waals surface area contributed by atoms with E-state index in [-0.39, 0.29) is 0 Å². The van der Waals surface area contributed by atoms with Gasteiger partial charge < -0.3 is 5.73 Å². The Balaban J connectivity index is 2.05. The van der Waals surface area contributed by atoms with Crippen LogP contribution in [0.1, 0.15) is 0 Å². The zero-order valence-electron chi connectivity index (χ0n) is 12.5. The van der Waals surface area contributed by atoms with Gasteiger partial charge in [0, 0.05) is 17.1 Å². The molecule has 0 aliphatic carbocycles. The highest BCUT2D eigenvalue weighted by Crippen LogP contribution is 2.33. The normalized spacial score (nSPS) is 10.8. The van der Waals surface area contributed by atoms with Crippen LogP contribution in [0.2, 0.25) is 0 Å². The largest absolute Gasteiger partial charge is 0.384 e. The lowest BCUT2D eigenvalue weighted by Crippen LogP contribution is -1.96. The zero-order valence-corrected chi connectivity index (χ0v) is 12.5. The number of nitrogens with two attached hydrogens (primary N) is 1. The predicted octanol–water partition coefficient (Wildman–Crippen LogP) is 4.55. The van der Waals surface area contributed by atoms with E-state index in [1.54, 1.807) is 0 Å². The fourth-order valence-corrected chi connectivity index (χ4v) is 2.84. The van der Waals surface area contributed by atoms with Crippen LogP contribution >= 0.6 is 0 Å². The van der Waals surface area contributed by atoms with Gasteiger partial charge in [0.05, 0.1) is 11.2 Å². The van der Waals surface area contributed by atoms with Crippen molar-refractivity contribution in [2.45, 2.75) is 0 Å². The van der Waals surface area contributed by atoms with Gasteiger partial charge in [-0.3, -0.25) is 4.98 Å². The summed E-state index contributed by atoms with van der Waals surface area (Å²) in [7, 11) is 0. The zero-order chi connectivity index (χ0) is 15.6. The van der Waals surface area contributed by atoms with Gasteiger partial charge in [0.1, 0.15) is 5.82 Å². The predicted molar refractivity (Wildman–Crippen MR) is 94.8 cm³/mol. The van der Waals surface area contributed by atoms with Crippen LogP contribution in [-0.4, -0.2) is 9.97 Å². The number of anilines is 1. The van der Waals surface area contributed by atoms with Gasteiger partial charge in [-0.1, -0.05) is 60.7 Å². The number of nitrogen functional groups attached to an aromatic ring is 1. The Bertz CT molecular complexity index is 964. The number of fused-ring (bicyclic) bond motifs is 1. The standard InChI is InChI=1S/C20H15N3/c21-18-13-17(14-7-3-1-4-8-14)16-11-12-22-19(20(16)23-18)15-9-5-2-6-10-15/h1-13H,(H2,21,23). The highest BCUT2D eigenvalue weighted by atomic mass is 14.9. The van der Waals surface area contributed by atoms with Crippen LogP contribution < -0.4 is 5.73 Å². The van der Waals surface area contributed by atoms with E-state index in [9.17, 15) is 0 Å². The maximum atomic E-state index is 6.07. The lowest BCUT2D eigenvalue weighted by molar-refractivity contribution is 1.31. The summed E-state index contributed by atoms with van der Waals surface area (Å²) in [5, 5.41) is 1.05. The first kappa shape index (κ1) is 13.5. The van der Waals surface area contributed by atoms with Crippen molar-refractivity contribution in [3.63, 3.8) is 0 Å². The van der Waals surface area contributed by atoms with E-state index >= 15 is 0 Å². The quantitative estimate of drug-likeness (QED) is 0.590. The Morgan fingerprint density at radius 1 is 0.739 bits per heavy atom. The summed E-state index contributed by atoms with van der Waals surface area (Å²) in [5.41, 5.74) is 11.0. The minimum Gasteiger partial charge on any atom is -0.384 e. The second kappa shape index (κ2) is 5.54. The lowest BCUT2D eigenvalue weighted by Gasteiger charge is -2.11. The van der Waals surface area contributed by atoms with Crippen LogP contribution in [0.25, 0.3) is 33.3 Å². The van der Waals surface area contributed by atoms with E-state index in [0.29, 0.717) is 5.82 Å². The summed E-state index contributed by atoms with van der Waals surface area (Å²) < 4.78 is 0. The monoisotopic (exact) mass is 297 g/mol. The van der Waals surface area contributed by atoms with Gasteiger partial charge in [0.25, 0.3) is 0 Å². The van der Waals surface area contributed by atoms with Crippen LogP contribution in [0.4, 0.5) is 5.82 Å². The van der Waals surface area contributed by atoms with Crippen molar-refractivity contribution in [2.24, 2.45) is 0 Å². The molecule has 2 aromatic heterocycles. The van der Waals surface area contributed by atoms with Gasteiger partial charge in [-0.2, -0.15) is 0 Å². The molecule has 4 rings (SSSR count). The topological polar surface area (TPSA) is 51.8 Å². The van der Waals surface area contributed by atoms with E-state index < -0.39 is 0 Å². The molecular formula is C20H15N3. The number of benzene rings is 2. The molecule has 0 saturated carbocycles. The highest BCUT2D eigenvalue weighted by Gasteiger charge is 2.12. The van der Waals surface area contributed by atoms with Crippen LogP contribution in [0.3, 0.4) is 0 Å². The first-order chi connectivity index (χ1) is 11.3. The molecule has 0 fully saturated rings. The lowest BCUT2D eigenvalue weighted by atomic mass is 9.99. The molecule has 3 heteroatoms. The van der Waals surface area contributed by atoms with E-state index in [4.69, 9.17) is 5.73 Å². The third-order valence-electron chi connectivity index (χ3n) is 3.88. The summed E-state index contributed by atoms with van der Waals surface area (Å²) in [6, 6.07) is 24.2. The minimum atomic E-state index is 0.501. The van der Waals surface area contributed by atoms with E-state index in [1.807, 2.05) is 66.9 Å². The first-order valence-electron chi connectivity index (χ1n) is 7.49. The van der Waals surface area contributed by atoms with Crippen molar-refractivity contribution in [2.75, 3.05) is 5.73 Å². The summed E-state index contributed by atoms with van der Waals surface area (Å²) in [4.78, 5) is 9.09. The third-order valence-corrected chi connectivity index (χ3v) is 3.88. The number of nitrogens with zero attached hydrogens (tertiary/aromatic N) is 2. The molecule has 0 radical (unpaired) electrons. The average molecular weight is 297 g/mol. The molecule has 0 atom stereocenters. The molecule has 110 valence electrons. The molecule has 4 aromatic rings. The van der Waals surface area contributed by atoms with Crippen LogP contribution in [-0.2, 0) is 0 Å². The highest BCUT2D eigenvalue weighted by molar-refractivity contribution is 6.01. The van der Waals surface area contributed by atoms with Crippen LogP contribution in [0.5, 0.6) is 0 Å². The smallest absolute Gasteiger partial charge is 0.124 e. The van der Waals surface area contributed by atoms with Gasteiger partial charge >= 0.3 is 0 Å². The maximum absolute atomic E-state index is 6.07. The maximum Gasteiger partial charge on any atom is 0.124 e. The van der Waals surface area contributed by atoms with E-state index in [2.05, 4.69) is 22.1 Å².